The molecule has 0 radical (unpaired) electrons. The fraction of sp³-hybridized carbons (Fsp3) is 0.167. The van der Waals surface area contributed by atoms with Gasteiger partial charge in [0.15, 0.2) is 0 Å². The van der Waals surface area contributed by atoms with E-state index in [0.717, 1.165) is 39.0 Å². The predicted octanol–water partition coefficient (Wildman–Crippen LogP) is 4.75. The smallest absolute Gasteiger partial charge is 0.356 e. The molecule has 0 aliphatic rings. The van der Waals surface area contributed by atoms with Gasteiger partial charge in [-0.3, -0.25) is 0 Å². The molecule has 1 N–H and O–H groups in total. The van der Waals surface area contributed by atoms with Crippen LogP contribution in [0.5, 0.6) is 0 Å². The van der Waals surface area contributed by atoms with Gasteiger partial charge in [-0.25, -0.2) is 9.78 Å². The maximum Gasteiger partial charge on any atom is 0.356 e. The number of methoxy groups -OCH3 is 2. The molecule has 0 spiro atoms. The number of ether oxygens (including phenoxy) is 2. The van der Waals surface area contributed by atoms with Crippen LogP contribution in [0.15, 0.2) is 66.7 Å². The first-order valence-electron chi connectivity index (χ1n) is 9.41. The molecule has 0 fully saturated rings. The molecule has 0 saturated heterocycles. The van der Waals surface area contributed by atoms with Crippen LogP contribution in [0.1, 0.15) is 27.3 Å². The molecular formula is C24H22N2O3. The molecular weight excluding hydrogens is 364 g/mol. The topological polar surface area (TPSA) is 64.2 Å². The van der Waals surface area contributed by atoms with Gasteiger partial charge in [0.2, 0.25) is 0 Å². The molecule has 29 heavy (non-hydrogen) atoms. The summed E-state index contributed by atoms with van der Waals surface area (Å²) in [7, 11) is 3.06. The highest BCUT2D eigenvalue weighted by molar-refractivity contribution is 5.91. The molecule has 2 aromatic carbocycles. The van der Waals surface area contributed by atoms with Crippen LogP contribution in [0, 0.1) is 0 Å². The molecule has 146 valence electrons. The number of benzene rings is 2. The average molecular weight is 386 g/mol. The number of carbonyl (C=O) groups excluding carboxylic acids is 1. The maximum atomic E-state index is 11.9. The van der Waals surface area contributed by atoms with Crippen molar-refractivity contribution in [2.75, 3.05) is 14.2 Å². The van der Waals surface area contributed by atoms with Crippen molar-refractivity contribution in [2.45, 2.75) is 13.0 Å². The summed E-state index contributed by atoms with van der Waals surface area (Å²) in [4.78, 5) is 19.9. The number of fused-ring (bicyclic) bond motifs is 1. The summed E-state index contributed by atoms with van der Waals surface area (Å²) >= 11 is 0. The summed E-state index contributed by atoms with van der Waals surface area (Å²) < 4.78 is 10.1. The van der Waals surface area contributed by atoms with E-state index in [9.17, 15) is 4.79 Å². The summed E-state index contributed by atoms with van der Waals surface area (Å²) in [6.07, 6.45) is 0.596. The normalized spacial score (nSPS) is 11.0. The number of H-pyrrole nitrogens is 1. The summed E-state index contributed by atoms with van der Waals surface area (Å²) in [5, 5.41) is 1.13. The molecule has 4 rings (SSSR count). The summed E-state index contributed by atoms with van der Waals surface area (Å²) in [6, 6.07) is 22.0. The maximum absolute atomic E-state index is 11.9. The number of rotatable bonds is 6. The molecule has 5 nitrogen and oxygen atoms in total. The van der Waals surface area contributed by atoms with Crippen molar-refractivity contribution < 1.29 is 14.3 Å². The lowest BCUT2D eigenvalue weighted by Crippen LogP contribution is -2.06. The Kier molecular flexibility index (Phi) is 5.40. The zero-order chi connectivity index (χ0) is 20.2. The van der Waals surface area contributed by atoms with Crippen molar-refractivity contribution in [3.8, 4) is 11.3 Å². The lowest BCUT2D eigenvalue weighted by atomic mass is 10.00. The highest BCUT2D eigenvalue weighted by atomic mass is 16.5. The summed E-state index contributed by atoms with van der Waals surface area (Å²) in [6.45, 7) is 0.563. The number of esters is 1. The van der Waals surface area contributed by atoms with Crippen LogP contribution >= 0.6 is 0 Å². The highest BCUT2D eigenvalue weighted by Crippen LogP contribution is 2.32. The fourth-order valence-electron chi connectivity index (χ4n) is 3.57. The van der Waals surface area contributed by atoms with Gasteiger partial charge in [-0.05, 0) is 34.9 Å². The van der Waals surface area contributed by atoms with Gasteiger partial charge in [0.05, 0.1) is 19.4 Å². The van der Waals surface area contributed by atoms with E-state index in [1.165, 1.54) is 7.11 Å². The van der Waals surface area contributed by atoms with E-state index < -0.39 is 5.97 Å². The second-order valence-corrected chi connectivity index (χ2v) is 6.84. The van der Waals surface area contributed by atoms with Gasteiger partial charge in [-0.15, -0.1) is 0 Å². The van der Waals surface area contributed by atoms with E-state index in [1.807, 2.05) is 30.3 Å². The second kappa shape index (κ2) is 8.29. The molecule has 0 aliphatic carbocycles. The monoisotopic (exact) mass is 386 g/mol. The van der Waals surface area contributed by atoms with Crippen molar-refractivity contribution >= 4 is 16.9 Å². The lowest BCUT2D eigenvalue weighted by Gasteiger charge is -2.07. The number of aromatic amines is 1. The molecule has 0 amide bonds. The number of hydrogen-bond donors (Lipinski definition) is 1. The molecule has 0 unspecified atom stereocenters. The number of nitrogens with zero attached hydrogens (tertiary/aromatic N) is 1. The Bertz CT molecular complexity index is 1150. The zero-order valence-corrected chi connectivity index (χ0v) is 16.4. The van der Waals surface area contributed by atoms with Gasteiger partial charge in [-0.2, -0.15) is 0 Å². The molecule has 2 aromatic heterocycles. The summed E-state index contributed by atoms with van der Waals surface area (Å²) in [5.74, 6) is -0.432. The predicted molar refractivity (Wildman–Crippen MR) is 113 cm³/mol. The van der Waals surface area contributed by atoms with Crippen molar-refractivity contribution in [1.29, 1.82) is 0 Å². The molecule has 5 heteroatoms. The number of nitrogens with one attached hydrogen (secondary N) is 1. The first kappa shape index (κ1) is 18.9. The van der Waals surface area contributed by atoms with Gasteiger partial charge in [0.25, 0.3) is 0 Å². The third kappa shape index (κ3) is 3.91. The number of pyridine rings is 1. The minimum atomic E-state index is -0.432. The molecule has 0 aliphatic heterocycles. The van der Waals surface area contributed by atoms with Crippen molar-refractivity contribution in [3.63, 3.8) is 0 Å². The van der Waals surface area contributed by atoms with Crippen molar-refractivity contribution in [1.82, 2.24) is 9.97 Å². The minimum Gasteiger partial charge on any atom is -0.464 e. The van der Waals surface area contributed by atoms with Gasteiger partial charge >= 0.3 is 5.97 Å². The quantitative estimate of drug-likeness (QED) is 0.486. The number of hydrogen-bond acceptors (Lipinski definition) is 4. The molecule has 2 heterocycles. The Morgan fingerprint density at radius 2 is 1.83 bits per heavy atom. The van der Waals surface area contributed by atoms with Gasteiger partial charge in [0.1, 0.15) is 5.69 Å². The van der Waals surface area contributed by atoms with E-state index >= 15 is 0 Å². The second-order valence-electron chi connectivity index (χ2n) is 6.84. The Morgan fingerprint density at radius 3 is 2.59 bits per heavy atom. The van der Waals surface area contributed by atoms with Gasteiger partial charge in [0, 0.05) is 30.1 Å². The largest absolute Gasteiger partial charge is 0.464 e. The van der Waals surface area contributed by atoms with Crippen LogP contribution < -0.4 is 0 Å². The van der Waals surface area contributed by atoms with Crippen LogP contribution in [0.25, 0.3) is 22.2 Å². The molecule has 0 saturated carbocycles. The summed E-state index contributed by atoms with van der Waals surface area (Å²) in [5.41, 5.74) is 6.59. The molecule has 0 atom stereocenters. The Morgan fingerprint density at radius 1 is 1.00 bits per heavy atom. The zero-order valence-electron chi connectivity index (χ0n) is 16.4. The molecule has 4 aromatic rings. The SMILES string of the molecule is COCc1ccc2c(Cc3cccc(C(=O)OC)n3)c(-c3ccccc3)[nH]c2c1. The Labute approximate surface area is 169 Å². The van der Waals surface area contributed by atoms with Gasteiger partial charge in [-0.1, -0.05) is 48.5 Å². The van der Waals surface area contributed by atoms with Crippen LogP contribution in [0.2, 0.25) is 0 Å². The van der Waals surface area contributed by atoms with E-state index in [-0.39, 0.29) is 0 Å². The first-order chi connectivity index (χ1) is 14.2. The van der Waals surface area contributed by atoms with E-state index in [1.54, 1.807) is 13.2 Å². The highest BCUT2D eigenvalue weighted by Gasteiger charge is 2.16. The van der Waals surface area contributed by atoms with Gasteiger partial charge < -0.3 is 14.5 Å². The van der Waals surface area contributed by atoms with Crippen LogP contribution in [-0.4, -0.2) is 30.2 Å². The standard InChI is InChI=1S/C24H22N2O3/c1-28-15-16-11-12-19-20(14-18-9-6-10-21(25-18)24(27)29-2)23(26-22(19)13-16)17-7-4-3-5-8-17/h3-13,26H,14-15H2,1-2H3. The van der Waals surface area contributed by atoms with Crippen LogP contribution in [0.3, 0.4) is 0 Å². The average Bonchev–Trinajstić information content (AvgIpc) is 3.12. The Balaban J connectivity index is 1.82. The fourth-order valence-corrected chi connectivity index (χ4v) is 3.57. The molecule has 0 bridgehead atoms. The lowest BCUT2D eigenvalue weighted by molar-refractivity contribution is 0.0593. The minimum absolute atomic E-state index is 0.313. The Hall–Kier alpha value is -3.44. The number of aromatic nitrogens is 2. The third-order valence-corrected chi connectivity index (χ3v) is 4.90. The van der Waals surface area contributed by atoms with E-state index in [2.05, 4.69) is 40.3 Å². The van der Waals surface area contributed by atoms with E-state index in [0.29, 0.717) is 18.7 Å². The first-order valence-corrected chi connectivity index (χ1v) is 9.41. The van der Waals surface area contributed by atoms with Crippen molar-refractivity contribution in [3.05, 3.63) is 89.2 Å². The van der Waals surface area contributed by atoms with Crippen LogP contribution in [0.4, 0.5) is 0 Å². The van der Waals surface area contributed by atoms with E-state index in [4.69, 9.17) is 9.47 Å². The third-order valence-electron chi connectivity index (χ3n) is 4.90. The van der Waals surface area contributed by atoms with Crippen LogP contribution in [-0.2, 0) is 22.5 Å². The van der Waals surface area contributed by atoms with Crippen molar-refractivity contribution in [2.24, 2.45) is 0 Å². The number of carbonyl (C=O) groups is 1.